The Labute approximate surface area is 180 Å². The molecule has 0 saturated carbocycles. The second-order valence-corrected chi connectivity index (χ2v) is 8.40. The van der Waals surface area contributed by atoms with Crippen LogP contribution < -0.4 is 5.73 Å². The molecule has 2 aliphatic heterocycles. The number of hydroxylamine groups is 2. The van der Waals surface area contributed by atoms with Crippen molar-refractivity contribution in [2.75, 3.05) is 26.2 Å². The zero-order valence-electron chi connectivity index (χ0n) is 18.0. The number of aliphatic hydroxyl groups is 1. The highest BCUT2D eigenvalue weighted by Gasteiger charge is 2.42. The van der Waals surface area contributed by atoms with E-state index >= 15 is 0 Å². The van der Waals surface area contributed by atoms with E-state index in [0.717, 1.165) is 5.70 Å². The van der Waals surface area contributed by atoms with Crippen LogP contribution in [-0.4, -0.2) is 91.2 Å². The van der Waals surface area contributed by atoms with E-state index in [-0.39, 0.29) is 19.1 Å². The molecule has 1 fully saturated rings. The molecule has 1 aromatic heterocycles. The summed E-state index contributed by atoms with van der Waals surface area (Å²) in [5, 5.41) is 20.2. The fraction of sp³-hybridized carbons (Fsp3) is 0.579. The van der Waals surface area contributed by atoms with Gasteiger partial charge in [-0.2, -0.15) is 0 Å². The maximum atomic E-state index is 12.4. The van der Waals surface area contributed by atoms with Gasteiger partial charge in [0.15, 0.2) is 6.35 Å². The van der Waals surface area contributed by atoms with Gasteiger partial charge in [0.2, 0.25) is 5.91 Å². The number of aromatic nitrogens is 3. The number of ether oxygens (including phenoxy) is 1. The molecule has 0 spiro atoms. The lowest BCUT2D eigenvalue weighted by Gasteiger charge is -2.26. The predicted octanol–water partition coefficient (Wildman–Crippen LogP) is -0.265. The first-order valence-corrected chi connectivity index (χ1v) is 9.90. The molecule has 3 heterocycles. The van der Waals surface area contributed by atoms with Crippen LogP contribution in [0.3, 0.4) is 0 Å². The maximum absolute atomic E-state index is 12.4. The average Bonchev–Trinajstić information content (AvgIpc) is 3.21. The van der Waals surface area contributed by atoms with Gasteiger partial charge < -0.3 is 15.6 Å². The Bertz CT molecular complexity index is 862. The summed E-state index contributed by atoms with van der Waals surface area (Å²) >= 11 is 0. The standard InChI is InChI=1S/C19H29N7O5/c1-5-6-30-26-15-7-14(10-23(11-15)17(26)28)25-9-13(21-22-25)8-24(12-16(20)27)18(29)31-19(2,3)4/h5,7,9,15,17,28H,1,6,8,10-12H2,2-4H3,(H2,20,27). The first kappa shape index (κ1) is 22.9. The van der Waals surface area contributed by atoms with Gasteiger partial charge in [-0.05, 0) is 26.8 Å². The van der Waals surface area contributed by atoms with Crippen LogP contribution in [0.4, 0.5) is 4.79 Å². The van der Waals surface area contributed by atoms with Gasteiger partial charge in [-0.15, -0.1) is 16.7 Å². The average molecular weight is 435 g/mol. The zero-order chi connectivity index (χ0) is 22.8. The first-order chi connectivity index (χ1) is 14.6. The first-order valence-electron chi connectivity index (χ1n) is 9.90. The Morgan fingerprint density at radius 2 is 2.19 bits per heavy atom. The van der Waals surface area contributed by atoms with Crippen LogP contribution >= 0.6 is 0 Å². The number of carbonyl (C=O) groups is 2. The summed E-state index contributed by atoms with van der Waals surface area (Å²) in [4.78, 5) is 32.4. The summed E-state index contributed by atoms with van der Waals surface area (Å²) < 4.78 is 6.92. The minimum atomic E-state index is -0.875. The molecule has 0 aromatic carbocycles. The smallest absolute Gasteiger partial charge is 0.411 e. The van der Waals surface area contributed by atoms with Crippen LogP contribution in [0.5, 0.6) is 0 Å². The van der Waals surface area contributed by atoms with Crippen LogP contribution in [0.15, 0.2) is 24.9 Å². The van der Waals surface area contributed by atoms with E-state index in [1.54, 1.807) is 37.7 Å². The van der Waals surface area contributed by atoms with Gasteiger partial charge in [0.1, 0.15) is 17.8 Å². The van der Waals surface area contributed by atoms with Gasteiger partial charge in [0.25, 0.3) is 0 Å². The number of fused-ring (bicyclic) bond motifs is 2. The molecular formula is C19H29N7O5. The molecule has 2 amide bonds. The number of hydrogen-bond acceptors (Lipinski definition) is 9. The third-order valence-electron chi connectivity index (χ3n) is 4.58. The maximum Gasteiger partial charge on any atom is 0.411 e. The summed E-state index contributed by atoms with van der Waals surface area (Å²) in [6, 6.07) is -0.153. The number of nitrogens with zero attached hydrogens (tertiary/aromatic N) is 6. The summed E-state index contributed by atoms with van der Waals surface area (Å²) in [6.45, 7) is 9.88. The molecule has 1 aromatic rings. The van der Waals surface area contributed by atoms with E-state index in [1.165, 1.54) is 9.96 Å². The SMILES string of the molecule is C=CCON1C2C=C(n3cc(CN(CC(N)=O)C(=O)OC(C)(C)C)nn3)CN(C2)C1O. The van der Waals surface area contributed by atoms with Gasteiger partial charge >= 0.3 is 6.09 Å². The second-order valence-electron chi connectivity index (χ2n) is 8.40. The lowest BCUT2D eigenvalue weighted by Crippen LogP contribution is -2.41. The molecule has 3 atom stereocenters. The number of nitrogens with two attached hydrogens (primary N) is 1. The minimum Gasteiger partial charge on any atom is -0.444 e. The molecule has 170 valence electrons. The summed E-state index contributed by atoms with van der Waals surface area (Å²) in [5.74, 6) is -0.661. The van der Waals surface area contributed by atoms with Crippen LogP contribution in [0.25, 0.3) is 5.70 Å². The van der Waals surface area contributed by atoms with E-state index in [2.05, 4.69) is 16.9 Å². The van der Waals surface area contributed by atoms with Gasteiger partial charge in [-0.25, -0.2) is 9.48 Å². The lowest BCUT2D eigenvalue weighted by atomic mass is 10.2. The van der Waals surface area contributed by atoms with Crippen LogP contribution in [-0.2, 0) is 20.9 Å². The van der Waals surface area contributed by atoms with Crippen molar-refractivity contribution in [2.24, 2.45) is 5.73 Å². The zero-order valence-corrected chi connectivity index (χ0v) is 18.0. The van der Waals surface area contributed by atoms with Gasteiger partial charge in [-0.3, -0.25) is 19.4 Å². The molecule has 0 aliphatic carbocycles. The normalized spacial score (nSPS) is 23.4. The Balaban J connectivity index is 1.72. The van der Waals surface area contributed by atoms with Crippen LogP contribution in [0.2, 0.25) is 0 Å². The van der Waals surface area contributed by atoms with Crippen molar-refractivity contribution in [1.82, 2.24) is 29.9 Å². The van der Waals surface area contributed by atoms with Crippen molar-refractivity contribution in [3.63, 3.8) is 0 Å². The number of amides is 2. The largest absolute Gasteiger partial charge is 0.444 e. The highest BCUT2D eigenvalue weighted by Crippen LogP contribution is 2.28. The monoisotopic (exact) mass is 435 g/mol. The fourth-order valence-electron chi connectivity index (χ4n) is 3.36. The number of aliphatic hydroxyl groups excluding tert-OH is 1. The molecule has 1 saturated heterocycles. The van der Waals surface area contributed by atoms with Crippen molar-refractivity contribution in [2.45, 2.75) is 45.3 Å². The van der Waals surface area contributed by atoms with Crippen LogP contribution in [0, 0.1) is 0 Å². The number of carbonyl (C=O) groups excluding carboxylic acids is 2. The van der Waals surface area contributed by atoms with E-state index in [4.69, 9.17) is 15.3 Å². The van der Waals surface area contributed by atoms with Crippen molar-refractivity contribution >= 4 is 17.7 Å². The Hall–Kier alpha value is -2.80. The van der Waals surface area contributed by atoms with Crippen molar-refractivity contribution in [3.8, 4) is 0 Å². The Morgan fingerprint density at radius 3 is 2.84 bits per heavy atom. The van der Waals surface area contributed by atoms with E-state index in [9.17, 15) is 14.7 Å². The summed E-state index contributed by atoms with van der Waals surface area (Å²) in [5.41, 5.74) is 5.82. The molecule has 2 aliphatic rings. The molecule has 2 bridgehead atoms. The molecule has 12 heteroatoms. The molecule has 3 unspecified atom stereocenters. The number of hydrogen-bond donors (Lipinski definition) is 2. The third kappa shape index (κ3) is 5.67. The van der Waals surface area contributed by atoms with Crippen molar-refractivity contribution < 1.29 is 24.3 Å². The molecule has 12 nitrogen and oxygen atoms in total. The number of rotatable bonds is 8. The lowest BCUT2D eigenvalue weighted by molar-refractivity contribution is -0.246. The van der Waals surface area contributed by atoms with Gasteiger partial charge in [0, 0.05) is 13.1 Å². The molecule has 0 radical (unpaired) electrons. The van der Waals surface area contributed by atoms with Crippen LogP contribution in [0.1, 0.15) is 26.5 Å². The van der Waals surface area contributed by atoms with E-state index in [0.29, 0.717) is 25.4 Å². The molecular weight excluding hydrogens is 406 g/mol. The Kier molecular flexibility index (Phi) is 6.74. The molecule has 31 heavy (non-hydrogen) atoms. The summed E-state index contributed by atoms with van der Waals surface area (Å²) in [6.07, 6.45) is 3.68. The molecule has 3 rings (SSSR count). The van der Waals surface area contributed by atoms with Crippen molar-refractivity contribution in [3.05, 3.63) is 30.6 Å². The van der Waals surface area contributed by atoms with Crippen molar-refractivity contribution in [1.29, 1.82) is 0 Å². The van der Waals surface area contributed by atoms with E-state index in [1.807, 2.05) is 11.0 Å². The van der Waals surface area contributed by atoms with Gasteiger partial charge in [-0.1, -0.05) is 11.3 Å². The molecule has 3 N–H and O–H groups in total. The third-order valence-corrected chi connectivity index (χ3v) is 4.58. The van der Waals surface area contributed by atoms with E-state index < -0.39 is 24.0 Å². The van der Waals surface area contributed by atoms with Gasteiger partial charge in [0.05, 0.1) is 31.1 Å². The number of primary amides is 1. The predicted molar refractivity (Wildman–Crippen MR) is 109 cm³/mol. The topological polar surface area (TPSA) is 139 Å². The fourth-order valence-corrected chi connectivity index (χ4v) is 3.36. The minimum absolute atomic E-state index is 0.00940. The highest BCUT2D eigenvalue weighted by atomic mass is 16.7. The highest BCUT2D eigenvalue weighted by molar-refractivity contribution is 5.80. The Morgan fingerprint density at radius 1 is 1.45 bits per heavy atom. The summed E-state index contributed by atoms with van der Waals surface area (Å²) in [7, 11) is 0. The quantitative estimate of drug-likeness (QED) is 0.528. The second kappa shape index (κ2) is 9.14.